The molecular weight excluding hydrogens is 487 g/mol. The highest BCUT2D eigenvalue weighted by Crippen LogP contribution is 2.21. The zero-order chi connectivity index (χ0) is 27.5. The van der Waals surface area contributed by atoms with Crippen molar-refractivity contribution < 1.29 is 18.7 Å². The fourth-order valence-electron chi connectivity index (χ4n) is 3.85. The van der Waals surface area contributed by atoms with Crippen LogP contribution in [0.4, 0.5) is 26.6 Å². The topological polar surface area (TPSA) is 108 Å². The smallest absolute Gasteiger partial charge is 0.410 e. The minimum Gasteiger partial charge on any atom is -0.444 e. The summed E-state index contributed by atoms with van der Waals surface area (Å²) in [7, 11) is 0. The van der Waals surface area contributed by atoms with Crippen molar-refractivity contribution in [3.8, 4) is 11.8 Å². The first kappa shape index (κ1) is 28.7. The summed E-state index contributed by atoms with van der Waals surface area (Å²) in [6, 6.07) is 5.59. The predicted molar refractivity (Wildman–Crippen MR) is 146 cm³/mol. The Labute approximate surface area is 224 Å². The number of anilines is 3. The van der Waals surface area contributed by atoms with Crippen molar-refractivity contribution in [2.24, 2.45) is 0 Å². The van der Waals surface area contributed by atoms with Gasteiger partial charge < -0.3 is 20.7 Å². The maximum Gasteiger partial charge on any atom is 0.410 e. The standard InChI is InChI=1S/C28H37FN6O3/c1-5-15-30-24-20(19-32-26(34-24)33-22-13-9-12-21(29)18-22)11-7-6-8-16-31-25(36)23-14-10-17-35(23)27(37)38-28(2,3)4/h9,12-13,18-19,23H,5-6,8,10,14-17H2,1-4H3,(H,31,36)(H2,30,32,33,34)/t23-/m0/s1. The minimum atomic E-state index is -0.603. The second-order valence-electron chi connectivity index (χ2n) is 10.0. The van der Waals surface area contributed by atoms with Gasteiger partial charge in [0.2, 0.25) is 11.9 Å². The van der Waals surface area contributed by atoms with Crippen LogP contribution in [0.15, 0.2) is 30.5 Å². The van der Waals surface area contributed by atoms with E-state index in [0.717, 1.165) is 19.4 Å². The molecule has 1 fully saturated rings. The average Bonchev–Trinajstić information content (AvgIpc) is 3.35. The molecule has 1 aliphatic heterocycles. The molecule has 3 rings (SSSR count). The third-order valence-corrected chi connectivity index (χ3v) is 5.60. The van der Waals surface area contributed by atoms with E-state index in [1.54, 1.807) is 18.3 Å². The van der Waals surface area contributed by atoms with Crippen LogP contribution in [0.2, 0.25) is 0 Å². The molecule has 2 heterocycles. The molecule has 1 atom stereocenters. The van der Waals surface area contributed by atoms with Crippen molar-refractivity contribution in [3.05, 3.63) is 41.8 Å². The van der Waals surface area contributed by atoms with Crippen molar-refractivity contribution in [3.63, 3.8) is 0 Å². The Kier molecular flexibility index (Phi) is 10.3. The molecule has 9 nitrogen and oxygen atoms in total. The van der Waals surface area contributed by atoms with E-state index in [1.807, 2.05) is 20.8 Å². The van der Waals surface area contributed by atoms with Crippen LogP contribution in [0.3, 0.4) is 0 Å². The van der Waals surface area contributed by atoms with Crippen LogP contribution < -0.4 is 16.0 Å². The van der Waals surface area contributed by atoms with Crippen LogP contribution >= 0.6 is 0 Å². The van der Waals surface area contributed by atoms with Crippen molar-refractivity contribution in [1.82, 2.24) is 20.2 Å². The molecule has 0 bridgehead atoms. The second kappa shape index (κ2) is 13.6. The Morgan fingerprint density at radius 3 is 2.82 bits per heavy atom. The number of benzene rings is 1. The number of carbonyl (C=O) groups is 2. The van der Waals surface area contributed by atoms with Gasteiger partial charge in [-0.25, -0.2) is 14.2 Å². The molecule has 1 aliphatic rings. The monoisotopic (exact) mass is 524 g/mol. The van der Waals surface area contributed by atoms with Crippen LogP contribution in [0.25, 0.3) is 0 Å². The first-order valence-electron chi connectivity index (χ1n) is 13.1. The zero-order valence-corrected chi connectivity index (χ0v) is 22.6. The minimum absolute atomic E-state index is 0.165. The number of hydrogen-bond acceptors (Lipinski definition) is 7. The van der Waals surface area contributed by atoms with Gasteiger partial charge in [0.15, 0.2) is 0 Å². The summed E-state index contributed by atoms with van der Waals surface area (Å²) in [6.07, 6.45) is 4.72. The lowest BCUT2D eigenvalue weighted by molar-refractivity contribution is -0.125. The highest BCUT2D eigenvalue weighted by molar-refractivity contribution is 5.86. The lowest BCUT2D eigenvalue weighted by Gasteiger charge is -2.28. The van der Waals surface area contributed by atoms with Crippen LogP contribution in [0.1, 0.15) is 65.4 Å². The van der Waals surface area contributed by atoms with Crippen molar-refractivity contribution in [2.45, 2.75) is 71.4 Å². The van der Waals surface area contributed by atoms with Crippen molar-refractivity contribution in [1.29, 1.82) is 0 Å². The summed E-state index contributed by atoms with van der Waals surface area (Å²) in [5, 5.41) is 9.18. The molecule has 3 N–H and O–H groups in total. The molecule has 1 saturated heterocycles. The van der Waals surface area contributed by atoms with Crippen LogP contribution in [0.5, 0.6) is 0 Å². The Bertz CT molecular complexity index is 1170. The molecule has 38 heavy (non-hydrogen) atoms. The summed E-state index contributed by atoms with van der Waals surface area (Å²) in [5.74, 6) is 6.65. The fourth-order valence-corrected chi connectivity index (χ4v) is 3.85. The van der Waals surface area contributed by atoms with Gasteiger partial charge in [0, 0.05) is 31.7 Å². The summed E-state index contributed by atoms with van der Waals surface area (Å²) in [5.41, 5.74) is 0.611. The molecule has 2 amide bonds. The fraction of sp³-hybridized carbons (Fsp3) is 0.500. The van der Waals surface area contributed by atoms with Gasteiger partial charge in [-0.15, -0.1) is 0 Å². The summed E-state index contributed by atoms with van der Waals surface area (Å²) in [6.45, 7) is 9.18. The van der Waals surface area contributed by atoms with E-state index in [2.05, 4.69) is 44.7 Å². The van der Waals surface area contributed by atoms with Crippen LogP contribution in [-0.4, -0.2) is 58.1 Å². The third kappa shape index (κ3) is 8.91. The maximum absolute atomic E-state index is 13.5. The number of rotatable bonds is 9. The zero-order valence-electron chi connectivity index (χ0n) is 22.6. The molecule has 10 heteroatoms. The molecule has 0 aliphatic carbocycles. The normalized spacial score (nSPS) is 14.9. The molecule has 1 aromatic carbocycles. The number of ether oxygens (including phenoxy) is 1. The summed E-state index contributed by atoms with van der Waals surface area (Å²) >= 11 is 0. The number of carbonyl (C=O) groups excluding carboxylic acids is 2. The molecular formula is C28H37FN6O3. The number of nitrogens with zero attached hydrogens (tertiary/aromatic N) is 3. The van der Waals surface area contributed by atoms with Gasteiger partial charge in [0.25, 0.3) is 0 Å². The second-order valence-corrected chi connectivity index (χ2v) is 10.0. The highest BCUT2D eigenvalue weighted by Gasteiger charge is 2.36. The highest BCUT2D eigenvalue weighted by atomic mass is 19.1. The summed E-state index contributed by atoms with van der Waals surface area (Å²) in [4.78, 5) is 35.4. The van der Waals surface area contributed by atoms with E-state index < -0.39 is 17.7 Å². The van der Waals surface area contributed by atoms with Gasteiger partial charge in [0.05, 0.1) is 11.8 Å². The van der Waals surface area contributed by atoms with Gasteiger partial charge in [-0.2, -0.15) is 4.98 Å². The Hall–Kier alpha value is -3.87. The molecule has 2 aromatic rings. The Balaban J connectivity index is 1.51. The average molecular weight is 525 g/mol. The van der Waals surface area contributed by atoms with E-state index in [9.17, 15) is 14.0 Å². The molecule has 204 valence electrons. The van der Waals surface area contributed by atoms with E-state index in [-0.39, 0.29) is 11.7 Å². The van der Waals surface area contributed by atoms with Crippen LogP contribution in [0, 0.1) is 17.7 Å². The van der Waals surface area contributed by atoms with E-state index >= 15 is 0 Å². The number of amides is 2. The van der Waals surface area contributed by atoms with Crippen molar-refractivity contribution in [2.75, 3.05) is 30.3 Å². The SMILES string of the molecule is CCCNc1nc(Nc2cccc(F)c2)ncc1C#CCCCNC(=O)[C@@H]1CCCN1C(=O)OC(C)(C)C. The van der Waals surface area contributed by atoms with Gasteiger partial charge in [0.1, 0.15) is 23.3 Å². The van der Waals surface area contributed by atoms with E-state index in [1.165, 1.54) is 17.0 Å². The first-order chi connectivity index (χ1) is 18.2. The number of hydrogen-bond donors (Lipinski definition) is 3. The number of nitrogens with one attached hydrogen (secondary N) is 3. The quantitative estimate of drug-likeness (QED) is 0.319. The summed E-state index contributed by atoms with van der Waals surface area (Å²) < 4.78 is 18.9. The van der Waals surface area contributed by atoms with E-state index in [0.29, 0.717) is 55.4 Å². The predicted octanol–water partition coefficient (Wildman–Crippen LogP) is 4.83. The molecule has 0 spiro atoms. The lowest BCUT2D eigenvalue weighted by atomic mass is 10.2. The molecule has 1 aromatic heterocycles. The Morgan fingerprint density at radius 2 is 2.08 bits per heavy atom. The lowest BCUT2D eigenvalue weighted by Crippen LogP contribution is -2.47. The van der Waals surface area contributed by atoms with Gasteiger partial charge in [-0.1, -0.05) is 24.8 Å². The first-order valence-corrected chi connectivity index (χ1v) is 13.1. The third-order valence-electron chi connectivity index (χ3n) is 5.60. The van der Waals surface area contributed by atoms with Gasteiger partial charge in [-0.3, -0.25) is 9.69 Å². The number of likely N-dealkylation sites (tertiary alicyclic amines) is 1. The number of aromatic nitrogens is 2. The van der Waals surface area contributed by atoms with Gasteiger partial charge in [-0.05, 0) is 64.7 Å². The van der Waals surface area contributed by atoms with Gasteiger partial charge >= 0.3 is 6.09 Å². The van der Waals surface area contributed by atoms with Crippen molar-refractivity contribution >= 4 is 29.5 Å². The van der Waals surface area contributed by atoms with Crippen LogP contribution in [-0.2, 0) is 9.53 Å². The molecule has 0 unspecified atom stereocenters. The van der Waals surface area contributed by atoms with E-state index in [4.69, 9.17) is 4.74 Å². The molecule has 0 radical (unpaired) electrons. The molecule has 0 saturated carbocycles. The Morgan fingerprint density at radius 1 is 1.26 bits per heavy atom. The number of unbranched alkanes of at least 4 members (excludes halogenated alkanes) is 1. The largest absolute Gasteiger partial charge is 0.444 e. The number of halogens is 1. The maximum atomic E-state index is 13.5.